The number of hydrogen-bond donors (Lipinski definition) is 1. The van der Waals surface area contributed by atoms with Gasteiger partial charge in [-0.05, 0) is 39.0 Å². The number of benzene rings is 1. The van der Waals surface area contributed by atoms with Crippen molar-refractivity contribution in [1.82, 2.24) is 0 Å². The van der Waals surface area contributed by atoms with Crippen molar-refractivity contribution in [3.8, 4) is 0 Å². The van der Waals surface area contributed by atoms with Crippen LogP contribution < -0.4 is 0 Å². The molecule has 0 unspecified atom stereocenters. The Morgan fingerprint density at radius 1 is 1.38 bits per heavy atom. The van der Waals surface area contributed by atoms with Gasteiger partial charge in [-0.2, -0.15) is 0 Å². The van der Waals surface area contributed by atoms with E-state index in [2.05, 4.69) is 29.8 Å². The summed E-state index contributed by atoms with van der Waals surface area (Å²) in [6.07, 6.45) is 0. The molecule has 0 atom stereocenters. The SMILES string of the molecule is CC(C)c1cc(Br)c(F)c(C(C)(C)CO)c1. The lowest BCUT2D eigenvalue weighted by Gasteiger charge is -2.24. The smallest absolute Gasteiger partial charge is 0.141 e. The van der Waals surface area contributed by atoms with E-state index in [1.54, 1.807) is 6.07 Å². The second-order valence-electron chi connectivity index (χ2n) is 5.06. The third-order valence-corrected chi connectivity index (χ3v) is 3.42. The maximum absolute atomic E-state index is 14.0. The molecule has 1 rings (SSSR count). The summed E-state index contributed by atoms with van der Waals surface area (Å²) in [4.78, 5) is 0. The number of halogens is 2. The van der Waals surface area contributed by atoms with Crippen LogP contribution in [-0.4, -0.2) is 11.7 Å². The lowest BCUT2D eigenvalue weighted by atomic mass is 9.83. The molecular formula is C13H18BrFO. The van der Waals surface area contributed by atoms with Crippen LogP contribution in [0.1, 0.15) is 44.7 Å². The molecule has 0 aromatic heterocycles. The number of hydrogen-bond acceptors (Lipinski definition) is 1. The van der Waals surface area contributed by atoms with E-state index in [4.69, 9.17) is 0 Å². The number of aliphatic hydroxyl groups excluding tert-OH is 1. The van der Waals surface area contributed by atoms with Crippen LogP contribution in [0, 0.1) is 5.82 Å². The first kappa shape index (κ1) is 13.7. The third-order valence-electron chi connectivity index (χ3n) is 2.84. The molecule has 0 saturated heterocycles. The van der Waals surface area contributed by atoms with Gasteiger partial charge >= 0.3 is 0 Å². The molecule has 0 spiro atoms. The van der Waals surface area contributed by atoms with Crippen LogP contribution in [0.2, 0.25) is 0 Å². The van der Waals surface area contributed by atoms with E-state index >= 15 is 0 Å². The Morgan fingerprint density at radius 3 is 2.38 bits per heavy atom. The highest BCUT2D eigenvalue weighted by Gasteiger charge is 2.25. The third kappa shape index (κ3) is 2.64. The Kier molecular flexibility index (Phi) is 4.13. The van der Waals surface area contributed by atoms with Crippen LogP contribution in [0.15, 0.2) is 16.6 Å². The van der Waals surface area contributed by atoms with Crippen molar-refractivity contribution in [3.05, 3.63) is 33.5 Å². The average molecular weight is 289 g/mol. The quantitative estimate of drug-likeness (QED) is 0.892. The second-order valence-corrected chi connectivity index (χ2v) is 5.92. The first-order valence-electron chi connectivity index (χ1n) is 5.40. The Labute approximate surface area is 105 Å². The highest BCUT2D eigenvalue weighted by Crippen LogP contribution is 2.32. The van der Waals surface area contributed by atoms with Crippen molar-refractivity contribution < 1.29 is 9.50 Å². The lowest BCUT2D eigenvalue weighted by molar-refractivity contribution is 0.214. The zero-order valence-electron chi connectivity index (χ0n) is 10.1. The Morgan fingerprint density at radius 2 is 1.94 bits per heavy atom. The molecular weight excluding hydrogens is 271 g/mol. The van der Waals surface area contributed by atoms with Crippen LogP contribution in [0.4, 0.5) is 4.39 Å². The van der Waals surface area contributed by atoms with Gasteiger partial charge in [-0.15, -0.1) is 0 Å². The molecule has 0 amide bonds. The maximum atomic E-state index is 14.0. The number of rotatable bonds is 3. The van der Waals surface area contributed by atoms with Crippen LogP contribution in [0.5, 0.6) is 0 Å². The van der Waals surface area contributed by atoms with E-state index in [0.29, 0.717) is 16.0 Å². The summed E-state index contributed by atoms with van der Waals surface area (Å²) in [7, 11) is 0. The Bertz CT molecular complexity index is 386. The predicted octanol–water partition coefficient (Wildman–Crippen LogP) is 3.98. The largest absolute Gasteiger partial charge is 0.395 e. The van der Waals surface area contributed by atoms with E-state index in [1.807, 2.05) is 19.9 Å². The molecule has 1 N–H and O–H groups in total. The van der Waals surface area contributed by atoms with Gasteiger partial charge in [-0.25, -0.2) is 4.39 Å². The van der Waals surface area contributed by atoms with E-state index in [0.717, 1.165) is 5.56 Å². The summed E-state index contributed by atoms with van der Waals surface area (Å²) in [6.45, 7) is 7.73. The summed E-state index contributed by atoms with van der Waals surface area (Å²) in [5, 5.41) is 9.31. The molecule has 16 heavy (non-hydrogen) atoms. The van der Waals surface area contributed by atoms with E-state index in [1.165, 1.54) is 0 Å². The molecule has 90 valence electrons. The molecule has 0 heterocycles. The van der Waals surface area contributed by atoms with Crippen molar-refractivity contribution in [3.63, 3.8) is 0 Å². The van der Waals surface area contributed by atoms with Gasteiger partial charge in [0.1, 0.15) is 5.82 Å². The highest BCUT2D eigenvalue weighted by atomic mass is 79.9. The molecule has 1 aromatic rings. The molecule has 0 aliphatic rings. The minimum Gasteiger partial charge on any atom is -0.395 e. The molecule has 0 aliphatic carbocycles. The van der Waals surface area contributed by atoms with Crippen LogP contribution in [-0.2, 0) is 5.41 Å². The minimum atomic E-state index is -0.558. The first-order valence-corrected chi connectivity index (χ1v) is 6.19. The molecule has 1 aromatic carbocycles. The van der Waals surface area contributed by atoms with Gasteiger partial charge in [-0.1, -0.05) is 33.8 Å². The van der Waals surface area contributed by atoms with Crippen molar-refractivity contribution in [2.45, 2.75) is 39.0 Å². The van der Waals surface area contributed by atoms with E-state index < -0.39 is 5.41 Å². The number of aliphatic hydroxyl groups is 1. The van der Waals surface area contributed by atoms with Gasteiger partial charge in [0.15, 0.2) is 0 Å². The fourth-order valence-corrected chi connectivity index (χ4v) is 2.00. The monoisotopic (exact) mass is 288 g/mol. The minimum absolute atomic E-state index is 0.0715. The molecule has 1 nitrogen and oxygen atoms in total. The van der Waals surface area contributed by atoms with Gasteiger partial charge < -0.3 is 5.11 Å². The van der Waals surface area contributed by atoms with Crippen LogP contribution >= 0.6 is 15.9 Å². The van der Waals surface area contributed by atoms with Crippen molar-refractivity contribution in [2.75, 3.05) is 6.61 Å². The summed E-state index contributed by atoms with van der Waals surface area (Å²) in [5.41, 5.74) is 1.08. The van der Waals surface area contributed by atoms with Gasteiger partial charge in [0.2, 0.25) is 0 Å². The van der Waals surface area contributed by atoms with Gasteiger partial charge in [-0.3, -0.25) is 0 Å². The van der Waals surface area contributed by atoms with E-state index in [-0.39, 0.29) is 12.4 Å². The van der Waals surface area contributed by atoms with Gasteiger partial charge in [0.05, 0.1) is 11.1 Å². The normalized spacial score (nSPS) is 12.2. The van der Waals surface area contributed by atoms with E-state index in [9.17, 15) is 9.50 Å². The second kappa shape index (κ2) is 4.84. The van der Waals surface area contributed by atoms with Gasteiger partial charge in [0, 0.05) is 5.41 Å². The Hall–Kier alpha value is -0.410. The average Bonchev–Trinajstić information content (AvgIpc) is 2.21. The molecule has 0 fully saturated rings. The summed E-state index contributed by atoms with van der Waals surface area (Å²) in [6, 6.07) is 3.65. The summed E-state index contributed by atoms with van der Waals surface area (Å²) < 4.78 is 14.4. The topological polar surface area (TPSA) is 20.2 Å². The predicted molar refractivity (Wildman–Crippen MR) is 68.3 cm³/mol. The molecule has 0 radical (unpaired) electrons. The standard InChI is InChI=1S/C13H18BrFO/c1-8(2)9-5-10(13(3,4)7-16)12(15)11(14)6-9/h5-6,8,16H,7H2,1-4H3. The summed E-state index contributed by atoms with van der Waals surface area (Å²) in [5.74, 6) is 0.0635. The molecule has 0 bridgehead atoms. The summed E-state index contributed by atoms with van der Waals surface area (Å²) >= 11 is 3.23. The van der Waals surface area contributed by atoms with Crippen molar-refractivity contribution >= 4 is 15.9 Å². The Balaban J connectivity index is 3.38. The zero-order chi connectivity index (χ0) is 12.5. The highest BCUT2D eigenvalue weighted by molar-refractivity contribution is 9.10. The molecule has 0 saturated carbocycles. The van der Waals surface area contributed by atoms with Gasteiger partial charge in [0.25, 0.3) is 0 Å². The molecule has 3 heteroatoms. The fourth-order valence-electron chi connectivity index (χ4n) is 1.52. The lowest BCUT2D eigenvalue weighted by Crippen LogP contribution is -2.24. The molecule has 0 aliphatic heterocycles. The maximum Gasteiger partial charge on any atom is 0.141 e. The first-order chi connectivity index (χ1) is 7.29. The van der Waals surface area contributed by atoms with Crippen LogP contribution in [0.25, 0.3) is 0 Å². The van der Waals surface area contributed by atoms with Crippen molar-refractivity contribution in [2.24, 2.45) is 0 Å². The fraction of sp³-hybridized carbons (Fsp3) is 0.538. The van der Waals surface area contributed by atoms with Crippen molar-refractivity contribution in [1.29, 1.82) is 0 Å². The zero-order valence-corrected chi connectivity index (χ0v) is 11.7. The van der Waals surface area contributed by atoms with Crippen LogP contribution in [0.3, 0.4) is 0 Å².